The predicted octanol–water partition coefficient (Wildman–Crippen LogP) is 1.66. The third-order valence-electron chi connectivity index (χ3n) is 2.65. The number of benzene rings is 1. The van der Waals surface area contributed by atoms with E-state index in [-0.39, 0.29) is 5.78 Å². The summed E-state index contributed by atoms with van der Waals surface area (Å²) in [5, 5.41) is 0. The van der Waals surface area contributed by atoms with Gasteiger partial charge in [0.05, 0.1) is 5.69 Å². The lowest BCUT2D eigenvalue weighted by Gasteiger charge is -2.09. The van der Waals surface area contributed by atoms with E-state index < -0.39 is 6.04 Å². The molecule has 2 aromatic rings. The van der Waals surface area contributed by atoms with Crippen molar-refractivity contribution >= 4 is 18.4 Å². The molecule has 90 valence electrons. The van der Waals surface area contributed by atoms with E-state index in [1.165, 1.54) is 4.57 Å². The maximum atomic E-state index is 12.2. The van der Waals surface area contributed by atoms with Crippen LogP contribution >= 0.6 is 0 Å². The number of hydrogen-bond acceptors (Lipinski definition) is 3. The zero-order valence-corrected chi connectivity index (χ0v) is 9.52. The van der Waals surface area contributed by atoms with Crippen LogP contribution in [0.15, 0.2) is 48.7 Å². The van der Waals surface area contributed by atoms with E-state index in [4.69, 9.17) is 0 Å². The highest BCUT2D eigenvalue weighted by Crippen LogP contribution is 2.14. The zero-order valence-electron chi connectivity index (χ0n) is 9.52. The van der Waals surface area contributed by atoms with Crippen molar-refractivity contribution in [1.82, 2.24) is 4.57 Å². The van der Waals surface area contributed by atoms with Crippen molar-refractivity contribution in [2.45, 2.75) is 6.04 Å². The highest BCUT2D eigenvalue weighted by Gasteiger charge is 2.17. The molecule has 0 atom stereocenters. The van der Waals surface area contributed by atoms with Crippen LogP contribution in [0.25, 0.3) is 0 Å². The Kier molecular flexibility index (Phi) is 3.48. The summed E-state index contributed by atoms with van der Waals surface area (Å²) >= 11 is 0. The maximum Gasteiger partial charge on any atom is 0.209 e. The van der Waals surface area contributed by atoms with Gasteiger partial charge < -0.3 is 14.2 Å². The Morgan fingerprint density at radius 1 is 1.00 bits per heavy atom. The molecule has 0 aliphatic carbocycles. The molecule has 18 heavy (non-hydrogen) atoms. The van der Waals surface area contributed by atoms with E-state index in [2.05, 4.69) is 0 Å². The van der Waals surface area contributed by atoms with Crippen molar-refractivity contribution in [2.24, 2.45) is 0 Å². The van der Waals surface area contributed by atoms with Crippen LogP contribution < -0.4 is 0 Å². The third-order valence-corrected chi connectivity index (χ3v) is 2.65. The molecule has 2 rings (SSSR count). The van der Waals surface area contributed by atoms with Gasteiger partial charge in [-0.25, -0.2) is 0 Å². The third kappa shape index (κ3) is 2.13. The largest absolute Gasteiger partial charge is 0.328 e. The first-order valence-corrected chi connectivity index (χ1v) is 5.45. The number of ketones is 1. The molecule has 1 aromatic carbocycles. The van der Waals surface area contributed by atoms with Crippen LogP contribution in [0.4, 0.5) is 0 Å². The van der Waals surface area contributed by atoms with Gasteiger partial charge in [-0.1, -0.05) is 30.3 Å². The first kappa shape index (κ1) is 12.0. The van der Waals surface area contributed by atoms with Gasteiger partial charge in [0, 0.05) is 11.8 Å². The van der Waals surface area contributed by atoms with E-state index in [1.807, 2.05) is 6.07 Å². The van der Waals surface area contributed by atoms with Crippen LogP contribution in [0.5, 0.6) is 0 Å². The standard InChI is InChI=1S/C14H11NO3/c16-9-12(10-17)15-8-4-7-13(15)14(18)11-5-2-1-3-6-11/h1-10,12H. The average Bonchev–Trinajstić information content (AvgIpc) is 2.90. The van der Waals surface area contributed by atoms with Crippen LogP contribution in [-0.2, 0) is 9.59 Å². The Bertz CT molecular complexity index is 564. The second-order valence-electron chi connectivity index (χ2n) is 3.76. The van der Waals surface area contributed by atoms with Crippen molar-refractivity contribution < 1.29 is 14.4 Å². The van der Waals surface area contributed by atoms with Crippen LogP contribution in [0.3, 0.4) is 0 Å². The maximum absolute atomic E-state index is 12.2. The molecule has 0 unspecified atom stereocenters. The fraction of sp³-hybridized carbons (Fsp3) is 0.0714. The normalized spacial score (nSPS) is 10.3. The first-order valence-electron chi connectivity index (χ1n) is 5.45. The molecule has 1 aromatic heterocycles. The molecule has 0 aliphatic heterocycles. The Morgan fingerprint density at radius 2 is 1.67 bits per heavy atom. The molecule has 0 radical (unpaired) electrons. The lowest BCUT2D eigenvalue weighted by atomic mass is 10.1. The Balaban J connectivity index is 2.41. The van der Waals surface area contributed by atoms with Crippen molar-refractivity contribution in [3.05, 3.63) is 59.9 Å². The predicted molar refractivity (Wildman–Crippen MR) is 65.5 cm³/mol. The molecule has 0 amide bonds. The van der Waals surface area contributed by atoms with E-state index in [1.54, 1.807) is 42.6 Å². The second kappa shape index (κ2) is 5.23. The van der Waals surface area contributed by atoms with Crippen LogP contribution in [0, 0.1) is 0 Å². The lowest BCUT2D eigenvalue weighted by Crippen LogP contribution is -2.17. The minimum atomic E-state index is -0.956. The summed E-state index contributed by atoms with van der Waals surface area (Å²) in [6, 6.07) is 11.0. The molecule has 4 heteroatoms. The van der Waals surface area contributed by atoms with Gasteiger partial charge in [-0.15, -0.1) is 0 Å². The SMILES string of the molecule is O=CC(C=O)n1cccc1C(=O)c1ccccc1. The number of carbonyl (C=O) groups excluding carboxylic acids is 3. The molecule has 1 heterocycles. The van der Waals surface area contributed by atoms with Crippen molar-refractivity contribution in [2.75, 3.05) is 0 Å². The zero-order chi connectivity index (χ0) is 13.0. The monoisotopic (exact) mass is 241 g/mol. The smallest absolute Gasteiger partial charge is 0.209 e. The van der Waals surface area contributed by atoms with Crippen molar-refractivity contribution in [3.8, 4) is 0 Å². The van der Waals surface area contributed by atoms with E-state index in [9.17, 15) is 14.4 Å². The number of nitrogens with zero attached hydrogens (tertiary/aromatic N) is 1. The summed E-state index contributed by atoms with van der Waals surface area (Å²) < 4.78 is 1.37. The number of aromatic nitrogens is 1. The summed E-state index contributed by atoms with van der Waals surface area (Å²) in [6.45, 7) is 0. The molecule has 0 bridgehead atoms. The van der Waals surface area contributed by atoms with Crippen molar-refractivity contribution in [1.29, 1.82) is 0 Å². The minimum Gasteiger partial charge on any atom is -0.328 e. The van der Waals surface area contributed by atoms with Gasteiger partial charge in [-0.2, -0.15) is 0 Å². The molecule has 0 spiro atoms. The highest BCUT2D eigenvalue weighted by atomic mass is 16.1. The fourth-order valence-corrected chi connectivity index (χ4v) is 1.75. The summed E-state index contributed by atoms with van der Waals surface area (Å²) in [7, 11) is 0. The van der Waals surface area contributed by atoms with Gasteiger partial charge in [0.2, 0.25) is 5.78 Å². The number of aldehydes is 2. The molecule has 0 aliphatic rings. The summed E-state index contributed by atoms with van der Waals surface area (Å²) in [5.41, 5.74) is 0.846. The first-order chi connectivity index (χ1) is 8.77. The van der Waals surface area contributed by atoms with Crippen LogP contribution in [0.1, 0.15) is 22.1 Å². The molecular weight excluding hydrogens is 230 g/mol. The van der Waals surface area contributed by atoms with Gasteiger partial charge in [0.1, 0.15) is 18.6 Å². The van der Waals surface area contributed by atoms with E-state index >= 15 is 0 Å². The average molecular weight is 241 g/mol. The Hall–Kier alpha value is -2.49. The molecule has 4 nitrogen and oxygen atoms in total. The Labute approximate surface area is 104 Å². The van der Waals surface area contributed by atoms with E-state index in [0.29, 0.717) is 23.8 Å². The fourth-order valence-electron chi connectivity index (χ4n) is 1.75. The van der Waals surface area contributed by atoms with Gasteiger partial charge in [0.25, 0.3) is 0 Å². The molecular formula is C14H11NO3. The molecule has 0 fully saturated rings. The summed E-state index contributed by atoms with van der Waals surface area (Å²) in [5.74, 6) is -0.214. The van der Waals surface area contributed by atoms with Gasteiger partial charge in [-0.3, -0.25) is 4.79 Å². The van der Waals surface area contributed by atoms with Crippen LogP contribution in [-0.4, -0.2) is 22.9 Å². The summed E-state index contributed by atoms with van der Waals surface area (Å²) in [6.07, 6.45) is 2.56. The molecule has 0 N–H and O–H groups in total. The van der Waals surface area contributed by atoms with Crippen LogP contribution in [0.2, 0.25) is 0 Å². The van der Waals surface area contributed by atoms with Crippen molar-refractivity contribution in [3.63, 3.8) is 0 Å². The van der Waals surface area contributed by atoms with E-state index in [0.717, 1.165) is 0 Å². The molecule has 0 saturated carbocycles. The topological polar surface area (TPSA) is 56.1 Å². The quantitative estimate of drug-likeness (QED) is 0.454. The lowest BCUT2D eigenvalue weighted by molar-refractivity contribution is -0.118. The Morgan fingerprint density at radius 3 is 2.28 bits per heavy atom. The minimum absolute atomic E-state index is 0.214. The number of hydrogen-bond donors (Lipinski definition) is 0. The number of carbonyl (C=O) groups is 3. The summed E-state index contributed by atoms with van der Waals surface area (Å²) in [4.78, 5) is 33.8. The van der Waals surface area contributed by atoms with Gasteiger partial charge in [-0.05, 0) is 12.1 Å². The number of rotatable bonds is 5. The highest BCUT2D eigenvalue weighted by molar-refractivity contribution is 6.08. The van der Waals surface area contributed by atoms with Gasteiger partial charge >= 0.3 is 0 Å². The molecule has 0 saturated heterocycles. The van der Waals surface area contributed by atoms with Gasteiger partial charge in [0.15, 0.2) is 0 Å². The second-order valence-corrected chi connectivity index (χ2v) is 3.76.